The van der Waals surface area contributed by atoms with Gasteiger partial charge in [-0.3, -0.25) is 9.79 Å². The Bertz CT molecular complexity index is 418. The number of aryl methyl sites for hydroxylation is 1. The number of hydrogen-bond donors (Lipinski definition) is 1. The highest BCUT2D eigenvalue weighted by molar-refractivity contribution is 7.08. The fourth-order valence-corrected chi connectivity index (χ4v) is 2.18. The van der Waals surface area contributed by atoms with Crippen LogP contribution >= 0.6 is 11.3 Å². The van der Waals surface area contributed by atoms with Gasteiger partial charge in [-0.15, -0.1) is 0 Å². The largest absolute Gasteiger partial charge is 0.308 e. The number of nitrogens with one attached hydrogen (secondary N) is 1. The summed E-state index contributed by atoms with van der Waals surface area (Å²) in [5, 5.41) is 6.87. The summed E-state index contributed by atoms with van der Waals surface area (Å²) in [6, 6.07) is 0. The van der Waals surface area contributed by atoms with Gasteiger partial charge in [0.25, 0.3) is 5.91 Å². The first-order chi connectivity index (χ1) is 6.50. The molecule has 2 heterocycles. The molecule has 0 aliphatic carbocycles. The van der Waals surface area contributed by atoms with Gasteiger partial charge in [-0.2, -0.15) is 11.3 Å². The number of thiophene rings is 1. The van der Waals surface area contributed by atoms with E-state index in [-0.39, 0.29) is 5.91 Å². The van der Waals surface area contributed by atoms with Crippen LogP contribution in [-0.4, -0.2) is 17.3 Å². The number of carbonyl (C=O) groups is 1. The predicted molar refractivity (Wildman–Crippen MR) is 57.8 cm³/mol. The number of amidine groups is 1. The van der Waals surface area contributed by atoms with E-state index >= 15 is 0 Å². The van der Waals surface area contributed by atoms with Crippen molar-refractivity contribution in [3.05, 3.63) is 21.9 Å². The van der Waals surface area contributed by atoms with E-state index in [1.807, 2.05) is 26.2 Å². The Kier molecular flexibility index (Phi) is 1.96. The summed E-state index contributed by atoms with van der Waals surface area (Å²) in [4.78, 5) is 15.9. The van der Waals surface area contributed by atoms with Gasteiger partial charge >= 0.3 is 0 Å². The van der Waals surface area contributed by atoms with E-state index in [1.165, 1.54) is 0 Å². The molecular formula is C10H12N2OS. The van der Waals surface area contributed by atoms with Crippen LogP contribution in [0, 0.1) is 6.92 Å². The Morgan fingerprint density at radius 1 is 1.43 bits per heavy atom. The smallest absolute Gasteiger partial charge is 0.252 e. The van der Waals surface area contributed by atoms with Crippen molar-refractivity contribution in [1.29, 1.82) is 0 Å². The second-order valence-electron chi connectivity index (χ2n) is 3.94. The van der Waals surface area contributed by atoms with E-state index in [4.69, 9.17) is 0 Å². The van der Waals surface area contributed by atoms with Gasteiger partial charge in [0.15, 0.2) is 0 Å². The van der Waals surface area contributed by atoms with Gasteiger partial charge in [0.1, 0.15) is 11.4 Å². The van der Waals surface area contributed by atoms with Gasteiger partial charge < -0.3 is 5.32 Å². The molecule has 2 rings (SSSR count). The molecule has 0 aromatic carbocycles. The van der Waals surface area contributed by atoms with E-state index < -0.39 is 5.54 Å². The molecule has 1 aliphatic heterocycles. The summed E-state index contributed by atoms with van der Waals surface area (Å²) < 4.78 is 0. The van der Waals surface area contributed by atoms with Gasteiger partial charge in [-0.1, -0.05) is 0 Å². The molecule has 14 heavy (non-hydrogen) atoms. The van der Waals surface area contributed by atoms with Gasteiger partial charge in [0, 0.05) is 10.9 Å². The number of nitrogens with zero attached hydrogens (tertiary/aromatic N) is 1. The van der Waals surface area contributed by atoms with Crippen LogP contribution in [0.4, 0.5) is 0 Å². The molecule has 0 spiro atoms. The predicted octanol–water partition coefficient (Wildman–Crippen LogP) is 1.71. The summed E-state index contributed by atoms with van der Waals surface area (Å²) in [5.41, 5.74) is 1.57. The summed E-state index contributed by atoms with van der Waals surface area (Å²) in [6.45, 7) is 5.65. The van der Waals surface area contributed by atoms with E-state index in [9.17, 15) is 4.79 Å². The molecule has 1 amide bonds. The molecular weight excluding hydrogens is 196 g/mol. The Balaban J connectivity index is 2.40. The summed E-state index contributed by atoms with van der Waals surface area (Å²) in [7, 11) is 0. The van der Waals surface area contributed by atoms with Crippen LogP contribution in [0.1, 0.15) is 25.0 Å². The quantitative estimate of drug-likeness (QED) is 0.750. The van der Waals surface area contributed by atoms with E-state index in [2.05, 4.69) is 15.7 Å². The topological polar surface area (TPSA) is 41.5 Å². The molecule has 1 aromatic heterocycles. The summed E-state index contributed by atoms with van der Waals surface area (Å²) >= 11 is 1.62. The molecule has 0 saturated carbocycles. The van der Waals surface area contributed by atoms with Crippen molar-refractivity contribution in [2.45, 2.75) is 26.3 Å². The van der Waals surface area contributed by atoms with Crippen molar-refractivity contribution >= 4 is 23.1 Å². The van der Waals surface area contributed by atoms with Crippen molar-refractivity contribution in [1.82, 2.24) is 5.32 Å². The lowest BCUT2D eigenvalue weighted by molar-refractivity contribution is -0.122. The highest BCUT2D eigenvalue weighted by Crippen LogP contribution is 2.21. The zero-order valence-electron chi connectivity index (χ0n) is 8.42. The molecule has 3 nitrogen and oxygen atoms in total. The minimum atomic E-state index is -0.621. The third kappa shape index (κ3) is 1.35. The lowest BCUT2D eigenvalue weighted by Gasteiger charge is -2.07. The number of hydrogen-bond acceptors (Lipinski definition) is 3. The third-order valence-corrected chi connectivity index (χ3v) is 3.15. The zero-order chi connectivity index (χ0) is 10.3. The first-order valence-corrected chi connectivity index (χ1v) is 5.39. The molecule has 0 atom stereocenters. The second kappa shape index (κ2) is 2.92. The molecule has 1 aromatic rings. The van der Waals surface area contributed by atoms with Crippen LogP contribution < -0.4 is 5.32 Å². The minimum Gasteiger partial charge on any atom is -0.308 e. The number of aliphatic imine (C=N–C) groups is 1. The van der Waals surface area contributed by atoms with Crippen molar-refractivity contribution in [2.75, 3.05) is 0 Å². The average Bonchev–Trinajstić information content (AvgIpc) is 2.58. The molecule has 0 saturated heterocycles. The highest BCUT2D eigenvalue weighted by atomic mass is 32.1. The van der Waals surface area contributed by atoms with E-state index in [0.717, 1.165) is 11.1 Å². The number of carbonyl (C=O) groups excluding carboxylic acids is 1. The maximum Gasteiger partial charge on any atom is 0.252 e. The van der Waals surface area contributed by atoms with Crippen LogP contribution in [0.3, 0.4) is 0 Å². The molecule has 74 valence electrons. The first kappa shape index (κ1) is 9.40. The van der Waals surface area contributed by atoms with Crippen LogP contribution in [0.5, 0.6) is 0 Å². The molecule has 0 bridgehead atoms. The lowest BCUT2D eigenvalue weighted by atomic mass is 10.1. The first-order valence-electron chi connectivity index (χ1n) is 4.45. The Morgan fingerprint density at radius 3 is 2.57 bits per heavy atom. The summed E-state index contributed by atoms with van der Waals surface area (Å²) in [5.74, 6) is 0.678. The van der Waals surface area contributed by atoms with Crippen molar-refractivity contribution in [3.8, 4) is 0 Å². The van der Waals surface area contributed by atoms with Gasteiger partial charge in [-0.25, -0.2) is 0 Å². The van der Waals surface area contributed by atoms with Crippen LogP contribution in [0.2, 0.25) is 0 Å². The Labute approximate surface area is 86.9 Å². The normalized spacial score (nSPS) is 19.4. The monoisotopic (exact) mass is 208 g/mol. The van der Waals surface area contributed by atoms with Crippen LogP contribution in [-0.2, 0) is 4.79 Å². The molecule has 0 unspecified atom stereocenters. The Morgan fingerprint density at radius 2 is 2.14 bits per heavy atom. The minimum absolute atomic E-state index is 0.0295. The Hall–Kier alpha value is -1.16. The van der Waals surface area contributed by atoms with Gasteiger partial charge in [0.05, 0.1) is 0 Å². The highest BCUT2D eigenvalue weighted by Gasteiger charge is 2.34. The molecule has 0 fully saturated rings. The lowest BCUT2D eigenvalue weighted by Crippen LogP contribution is -2.34. The van der Waals surface area contributed by atoms with Crippen LogP contribution in [0.15, 0.2) is 15.8 Å². The van der Waals surface area contributed by atoms with Crippen molar-refractivity contribution < 1.29 is 4.79 Å². The number of amides is 1. The van der Waals surface area contributed by atoms with Crippen LogP contribution in [0.25, 0.3) is 0 Å². The maximum absolute atomic E-state index is 11.5. The van der Waals surface area contributed by atoms with Crippen molar-refractivity contribution in [3.63, 3.8) is 0 Å². The molecule has 0 radical (unpaired) electrons. The number of rotatable bonds is 1. The van der Waals surface area contributed by atoms with E-state index in [0.29, 0.717) is 5.84 Å². The fourth-order valence-electron chi connectivity index (χ4n) is 1.35. The van der Waals surface area contributed by atoms with Gasteiger partial charge in [0.2, 0.25) is 0 Å². The molecule has 1 N–H and O–H groups in total. The van der Waals surface area contributed by atoms with Crippen molar-refractivity contribution in [2.24, 2.45) is 4.99 Å². The molecule has 4 heteroatoms. The summed E-state index contributed by atoms with van der Waals surface area (Å²) in [6.07, 6.45) is 0. The fraction of sp³-hybridized carbons (Fsp3) is 0.400. The second-order valence-corrected chi connectivity index (χ2v) is 4.69. The van der Waals surface area contributed by atoms with Gasteiger partial charge in [-0.05, 0) is 31.7 Å². The molecule has 1 aliphatic rings. The maximum atomic E-state index is 11.5. The van der Waals surface area contributed by atoms with E-state index in [1.54, 1.807) is 11.3 Å². The SMILES string of the molecule is Cc1cscc1C1=NC(C)(C)C(=O)N1. The standard InChI is InChI=1S/C10H12N2OS/c1-6-4-14-5-7(6)8-11-9(13)10(2,3)12-8/h4-5H,1-3H3,(H,11,12,13). The average molecular weight is 208 g/mol. The third-order valence-electron chi connectivity index (χ3n) is 2.29. The zero-order valence-corrected chi connectivity index (χ0v) is 9.23.